The van der Waals surface area contributed by atoms with Gasteiger partial charge >= 0.3 is 12.9 Å². The van der Waals surface area contributed by atoms with E-state index in [9.17, 15) is 44.0 Å². The van der Waals surface area contributed by atoms with Crippen LogP contribution in [0.2, 0.25) is 10.0 Å². The number of halogens is 6. The quantitative estimate of drug-likeness (QED) is 0.0771. The predicted molar refractivity (Wildman–Crippen MR) is 214 cm³/mol. The van der Waals surface area contributed by atoms with E-state index in [2.05, 4.69) is 20.2 Å². The fourth-order valence-electron chi connectivity index (χ4n) is 5.14. The molecular formula is C37H37Cl2F4N7O7S2. The van der Waals surface area contributed by atoms with E-state index >= 15 is 0 Å². The van der Waals surface area contributed by atoms with E-state index < -0.39 is 57.0 Å². The number of pyridine rings is 2. The summed E-state index contributed by atoms with van der Waals surface area (Å²) in [5.41, 5.74) is 3.66. The number of aromatic nitrogens is 4. The van der Waals surface area contributed by atoms with Crippen LogP contribution in [0.15, 0.2) is 77.5 Å². The first-order chi connectivity index (χ1) is 27.7. The van der Waals surface area contributed by atoms with E-state index in [1.165, 1.54) is 46.1 Å². The Morgan fingerprint density at radius 2 is 1.25 bits per heavy atom. The summed E-state index contributed by atoms with van der Waals surface area (Å²) >= 11 is 12.2. The number of hydrogen-bond donors (Lipinski definition) is 1. The lowest BCUT2D eigenvalue weighted by molar-refractivity contribution is -0.131. The topological polar surface area (TPSA) is 186 Å². The molecule has 0 aliphatic rings. The van der Waals surface area contributed by atoms with E-state index in [1.54, 1.807) is 56.3 Å². The number of benzene rings is 2. The lowest BCUT2D eigenvalue weighted by atomic mass is 10.1. The fourth-order valence-corrected chi connectivity index (χ4v) is 7.84. The number of rotatable bonds is 16. The molecule has 0 aliphatic heterocycles. The Balaban J connectivity index is 0.000000261. The van der Waals surface area contributed by atoms with E-state index in [-0.39, 0.29) is 36.0 Å². The summed E-state index contributed by atoms with van der Waals surface area (Å²) in [6.45, 7) is 5.96. The molecule has 14 nitrogen and oxygen atoms in total. The third kappa shape index (κ3) is 12.9. The molecule has 5 aromatic rings. The highest BCUT2D eigenvalue weighted by molar-refractivity contribution is 7.93. The minimum absolute atomic E-state index is 0.0254. The average Bonchev–Trinajstić information content (AvgIpc) is 3.69. The van der Waals surface area contributed by atoms with Gasteiger partial charge in [0, 0.05) is 28.0 Å². The Morgan fingerprint density at radius 1 is 0.746 bits per heavy atom. The molecule has 2 aromatic carbocycles. The zero-order chi connectivity index (χ0) is 43.7. The van der Waals surface area contributed by atoms with Gasteiger partial charge in [-0.1, -0.05) is 23.2 Å². The van der Waals surface area contributed by atoms with Gasteiger partial charge in [-0.05, 0) is 99.5 Å². The predicted octanol–water partition coefficient (Wildman–Crippen LogP) is 7.35. The SMILES string of the molecule is CCS(=O)(=O)N(Cc1ccc(-c2nnc(C(F)F)o2)cn1)c1cc(C)cc(Cl)c1.CCS(=O)(=O)N(Cc1ccc(C(=O)CNC(=O)C(F)F)cn1)c1cc(C)cc(Cl)c1. The van der Waals surface area contributed by atoms with Crippen molar-refractivity contribution in [2.75, 3.05) is 26.7 Å². The molecule has 0 fully saturated rings. The van der Waals surface area contributed by atoms with Gasteiger partial charge in [-0.3, -0.25) is 28.2 Å². The number of carbonyl (C=O) groups is 2. The summed E-state index contributed by atoms with van der Waals surface area (Å²) in [6.07, 6.45) is -3.51. The minimum Gasteiger partial charge on any atom is -0.415 e. The number of aryl methyl sites for hydroxylation is 2. The maximum absolute atomic E-state index is 12.6. The summed E-state index contributed by atoms with van der Waals surface area (Å²) in [6, 6.07) is 15.9. The molecule has 0 aliphatic carbocycles. The van der Waals surface area contributed by atoms with Gasteiger partial charge in [-0.15, -0.1) is 10.2 Å². The highest BCUT2D eigenvalue weighted by Gasteiger charge is 2.25. The minimum atomic E-state index is -3.65. The number of nitrogens with one attached hydrogen (secondary N) is 1. The molecule has 0 radical (unpaired) electrons. The maximum atomic E-state index is 12.6. The highest BCUT2D eigenvalue weighted by atomic mass is 35.5. The number of hydrogen-bond acceptors (Lipinski definition) is 11. The second-order valence-corrected chi connectivity index (χ2v) is 17.8. The van der Waals surface area contributed by atoms with Crippen LogP contribution in [0.25, 0.3) is 11.5 Å². The second-order valence-electron chi connectivity index (χ2n) is 12.6. The Hall–Kier alpha value is -5.18. The Kier molecular flexibility index (Phi) is 15.9. The normalized spacial score (nSPS) is 11.6. The standard InChI is InChI=1S/C19H20ClF2N3O4S.C18H17ClF2N4O3S/c1-3-30(28,29)25(16-7-12(2)6-14(20)8-16)11-15-5-4-13(9-23-15)17(26)10-24-19(27)18(21)22;1-3-29(26,27)25(15-7-11(2)6-13(19)8-15)10-14-5-4-12(9-22-14)17-23-24-18(28-17)16(20)21/h4-9,18H,3,10-11H2,1-2H3,(H,24,27);4-9,16H,3,10H2,1-2H3. The highest BCUT2D eigenvalue weighted by Crippen LogP contribution is 2.29. The lowest BCUT2D eigenvalue weighted by Crippen LogP contribution is -2.34. The summed E-state index contributed by atoms with van der Waals surface area (Å²) < 4.78 is 107. The van der Waals surface area contributed by atoms with Crippen molar-refractivity contribution in [2.24, 2.45) is 0 Å². The number of amides is 1. The van der Waals surface area contributed by atoms with Crippen molar-refractivity contribution in [3.05, 3.63) is 117 Å². The van der Waals surface area contributed by atoms with Gasteiger partial charge in [0.15, 0.2) is 5.78 Å². The van der Waals surface area contributed by atoms with Gasteiger partial charge in [0.2, 0.25) is 25.9 Å². The molecule has 59 heavy (non-hydrogen) atoms. The Morgan fingerprint density at radius 3 is 1.64 bits per heavy atom. The van der Waals surface area contributed by atoms with Gasteiger partial charge in [0.1, 0.15) is 0 Å². The first-order valence-electron chi connectivity index (χ1n) is 17.4. The molecule has 1 N–H and O–H groups in total. The summed E-state index contributed by atoms with van der Waals surface area (Å²) in [5, 5.41) is 9.46. The number of sulfonamides is 2. The zero-order valence-corrected chi connectivity index (χ0v) is 34.9. The average molecular weight is 903 g/mol. The Bertz CT molecular complexity index is 2440. The molecule has 0 saturated heterocycles. The van der Waals surface area contributed by atoms with Gasteiger partial charge in [-0.2, -0.15) is 17.6 Å². The lowest BCUT2D eigenvalue weighted by Gasteiger charge is -2.24. The summed E-state index contributed by atoms with van der Waals surface area (Å²) in [7, 11) is -7.25. The molecule has 22 heteroatoms. The monoisotopic (exact) mass is 901 g/mol. The molecule has 0 saturated carbocycles. The third-order valence-corrected chi connectivity index (χ3v) is 12.0. The first-order valence-corrected chi connectivity index (χ1v) is 21.4. The van der Waals surface area contributed by atoms with Crippen molar-refractivity contribution >= 4 is 66.3 Å². The third-order valence-electron chi connectivity index (χ3n) is 8.11. The van der Waals surface area contributed by atoms with Crippen LogP contribution in [-0.4, -0.2) is 73.2 Å². The molecule has 5 rings (SSSR count). The fraction of sp³-hybridized carbons (Fsp3) is 0.297. The van der Waals surface area contributed by atoms with Crippen LogP contribution >= 0.6 is 23.2 Å². The number of alkyl halides is 4. The smallest absolute Gasteiger partial charge is 0.315 e. The van der Waals surface area contributed by atoms with Crippen molar-refractivity contribution in [2.45, 2.75) is 53.6 Å². The molecule has 0 atom stereocenters. The number of ketones is 1. The molecular weight excluding hydrogens is 865 g/mol. The maximum Gasteiger partial charge on any atom is 0.315 e. The van der Waals surface area contributed by atoms with E-state index in [1.807, 2.05) is 12.2 Å². The first kappa shape index (κ1) is 46.5. The molecule has 0 spiro atoms. The molecule has 3 heterocycles. The summed E-state index contributed by atoms with van der Waals surface area (Å²) in [5.74, 6) is -3.26. The Labute approximate surface area is 347 Å². The zero-order valence-electron chi connectivity index (χ0n) is 31.7. The van der Waals surface area contributed by atoms with Crippen molar-refractivity contribution in [1.82, 2.24) is 25.5 Å². The van der Waals surface area contributed by atoms with Crippen molar-refractivity contribution < 1.29 is 48.4 Å². The molecule has 3 aromatic heterocycles. The van der Waals surface area contributed by atoms with Crippen LogP contribution in [0.1, 0.15) is 59.0 Å². The van der Waals surface area contributed by atoms with E-state index in [0.29, 0.717) is 38.4 Å². The second kappa shape index (κ2) is 20.2. The summed E-state index contributed by atoms with van der Waals surface area (Å²) in [4.78, 5) is 31.2. The van der Waals surface area contributed by atoms with E-state index in [0.717, 1.165) is 11.1 Å². The van der Waals surface area contributed by atoms with Gasteiger partial charge in [-0.25, -0.2) is 16.8 Å². The van der Waals surface area contributed by atoms with Crippen molar-refractivity contribution in [3.63, 3.8) is 0 Å². The number of anilines is 2. The van der Waals surface area contributed by atoms with Crippen LogP contribution in [0.3, 0.4) is 0 Å². The number of carbonyl (C=O) groups excluding carboxylic acids is 2. The number of Topliss-reactive ketones (excluding diaryl/α,β-unsaturated/α-hetero) is 1. The van der Waals surface area contributed by atoms with Crippen LogP contribution in [-0.2, 0) is 37.9 Å². The largest absolute Gasteiger partial charge is 0.415 e. The van der Waals surface area contributed by atoms with Crippen LogP contribution in [0, 0.1) is 13.8 Å². The van der Waals surface area contributed by atoms with E-state index in [4.69, 9.17) is 27.6 Å². The molecule has 0 bridgehead atoms. The van der Waals surface area contributed by atoms with Gasteiger partial charge in [0.25, 0.3) is 11.8 Å². The van der Waals surface area contributed by atoms with Crippen molar-refractivity contribution in [1.29, 1.82) is 0 Å². The van der Waals surface area contributed by atoms with Crippen LogP contribution in [0.4, 0.5) is 28.9 Å². The van der Waals surface area contributed by atoms with Crippen molar-refractivity contribution in [3.8, 4) is 11.5 Å². The number of nitrogens with zero attached hydrogens (tertiary/aromatic N) is 6. The van der Waals surface area contributed by atoms with Crippen LogP contribution in [0.5, 0.6) is 0 Å². The molecule has 1 amide bonds. The van der Waals surface area contributed by atoms with Gasteiger partial charge in [0.05, 0.1) is 59.5 Å². The molecule has 316 valence electrons. The molecule has 0 unspecified atom stereocenters. The van der Waals surface area contributed by atoms with Gasteiger partial charge < -0.3 is 9.73 Å². The van der Waals surface area contributed by atoms with Crippen LogP contribution < -0.4 is 13.9 Å².